The minimum absolute atomic E-state index is 0.150. The summed E-state index contributed by atoms with van der Waals surface area (Å²) in [5.74, 6) is 0.150. The Morgan fingerprint density at radius 2 is 2.00 bits per heavy atom. The van der Waals surface area contributed by atoms with Gasteiger partial charge in [0.2, 0.25) is 0 Å². The minimum atomic E-state index is 0.150. The third-order valence-electron chi connectivity index (χ3n) is 4.56. The molecule has 2 N–H and O–H groups in total. The Morgan fingerprint density at radius 1 is 1.24 bits per heavy atom. The summed E-state index contributed by atoms with van der Waals surface area (Å²) in [5.41, 5.74) is 2.90. The van der Waals surface area contributed by atoms with E-state index in [1.807, 2.05) is 23.1 Å². The quantitative estimate of drug-likeness (QED) is 0.869. The second kappa shape index (κ2) is 5.93. The van der Waals surface area contributed by atoms with Crippen LogP contribution in [0.15, 0.2) is 18.2 Å². The number of nitrogens with one attached hydrogen (secondary N) is 2. The highest BCUT2D eigenvalue weighted by Gasteiger charge is 2.27. The molecule has 5 nitrogen and oxygen atoms in total. The van der Waals surface area contributed by atoms with Crippen molar-refractivity contribution in [1.82, 2.24) is 9.80 Å². The van der Waals surface area contributed by atoms with Crippen molar-refractivity contribution in [1.29, 1.82) is 0 Å². The number of anilines is 2. The van der Waals surface area contributed by atoms with Crippen LogP contribution in [0.4, 0.5) is 11.4 Å². The van der Waals surface area contributed by atoms with Crippen molar-refractivity contribution in [3.8, 4) is 0 Å². The molecule has 1 atom stereocenters. The van der Waals surface area contributed by atoms with E-state index >= 15 is 0 Å². The third-order valence-corrected chi connectivity index (χ3v) is 4.56. The number of nitrogens with zero attached hydrogens (tertiary/aromatic N) is 2. The molecule has 0 saturated carbocycles. The zero-order valence-electron chi connectivity index (χ0n) is 12.9. The van der Waals surface area contributed by atoms with Gasteiger partial charge in [0.15, 0.2) is 0 Å². The summed E-state index contributed by atoms with van der Waals surface area (Å²) in [7, 11) is 2.14. The molecule has 2 aliphatic heterocycles. The molecule has 0 radical (unpaired) electrons. The zero-order valence-corrected chi connectivity index (χ0v) is 12.9. The Balaban J connectivity index is 1.76. The fourth-order valence-electron chi connectivity index (χ4n) is 3.13. The first-order valence-electron chi connectivity index (χ1n) is 7.80. The van der Waals surface area contributed by atoms with Crippen LogP contribution in [0.5, 0.6) is 0 Å². The Kier molecular flexibility index (Phi) is 4.01. The molecule has 1 amide bonds. The van der Waals surface area contributed by atoms with Crippen molar-refractivity contribution in [2.75, 3.05) is 50.4 Å². The van der Waals surface area contributed by atoms with Gasteiger partial charge in [0.05, 0.1) is 11.4 Å². The van der Waals surface area contributed by atoms with Gasteiger partial charge in [-0.05, 0) is 31.7 Å². The van der Waals surface area contributed by atoms with Crippen LogP contribution in [0, 0.1) is 0 Å². The maximum atomic E-state index is 12.7. The van der Waals surface area contributed by atoms with E-state index < -0.39 is 0 Å². The maximum absolute atomic E-state index is 12.7. The van der Waals surface area contributed by atoms with Crippen LogP contribution in [0.3, 0.4) is 0 Å². The highest BCUT2D eigenvalue weighted by molar-refractivity contribution is 5.96. The zero-order chi connectivity index (χ0) is 14.8. The molecule has 5 heteroatoms. The molecule has 3 rings (SSSR count). The fourth-order valence-corrected chi connectivity index (χ4v) is 3.13. The maximum Gasteiger partial charge on any atom is 0.254 e. The average molecular weight is 288 g/mol. The number of carbonyl (C=O) groups excluding carboxylic acids is 1. The molecule has 0 aliphatic carbocycles. The van der Waals surface area contributed by atoms with Gasteiger partial charge in [0, 0.05) is 44.3 Å². The van der Waals surface area contributed by atoms with Gasteiger partial charge in [-0.1, -0.05) is 6.92 Å². The lowest BCUT2D eigenvalue weighted by Crippen LogP contribution is -2.52. The van der Waals surface area contributed by atoms with Gasteiger partial charge >= 0.3 is 0 Å². The van der Waals surface area contributed by atoms with E-state index in [9.17, 15) is 4.79 Å². The van der Waals surface area contributed by atoms with Crippen molar-refractivity contribution < 1.29 is 4.79 Å². The molecule has 1 unspecified atom stereocenters. The van der Waals surface area contributed by atoms with E-state index in [1.54, 1.807) is 0 Å². The molecule has 0 spiro atoms. The van der Waals surface area contributed by atoms with E-state index in [0.717, 1.165) is 56.1 Å². The lowest BCUT2D eigenvalue weighted by molar-refractivity contribution is 0.0542. The lowest BCUT2D eigenvalue weighted by atomic mass is 10.1. The summed E-state index contributed by atoms with van der Waals surface area (Å²) in [6, 6.07) is 6.38. The van der Waals surface area contributed by atoms with Crippen LogP contribution >= 0.6 is 0 Å². The van der Waals surface area contributed by atoms with Crippen LogP contribution in [0.25, 0.3) is 0 Å². The number of fused-ring (bicyclic) bond motifs is 1. The lowest BCUT2D eigenvalue weighted by Gasteiger charge is -2.39. The van der Waals surface area contributed by atoms with Gasteiger partial charge in [-0.3, -0.25) is 9.69 Å². The largest absolute Gasteiger partial charge is 0.382 e. The molecule has 21 heavy (non-hydrogen) atoms. The number of carbonyl (C=O) groups is 1. The Morgan fingerprint density at radius 3 is 2.76 bits per heavy atom. The van der Waals surface area contributed by atoms with Crippen molar-refractivity contribution in [3.63, 3.8) is 0 Å². The van der Waals surface area contributed by atoms with Crippen molar-refractivity contribution in [2.45, 2.75) is 19.4 Å². The van der Waals surface area contributed by atoms with Gasteiger partial charge in [0.25, 0.3) is 5.91 Å². The van der Waals surface area contributed by atoms with Crippen LogP contribution in [-0.4, -0.2) is 61.5 Å². The molecule has 2 aliphatic rings. The molecule has 1 aromatic rings. The third kappa shape index (κ3) is 2.83. The van der Waals surface area contributed by atoms with E-state index in [0.29, 0.717) is 6.04 Å². The first kappa shape index (κ1) is 14.2. The van der Waals surface area contributed by atoms with E-state index in [2.05, 4.69) is 29.5 Å². The van der Waals surface area contributed by atoms with Crippen molar-refractivity contribution in [2.24, 2.45) is 0 Å². The van der Waals surface area contributed by atoms with E-state index in [4.69, 9.17) is 0 Å². The molecule has 114 valence electrons. The topological polar surface area (TPSA) is 47.6 Å². The Hall–Kier alpha value is -1.75. The Labute approximate surface area is 126 Å². The van der Waals surface area contributed by atoms with Gasteiger partial charge in [0.1, 0.15) is 0 Å². The standard InChI is InChI=1S/C16H24N4O/c1-3-13-11-20(9-8-19(13)2)16(21)12-4-5-14-15(10-12)18-7-6-17-14/h4-5,10,13,17-18H,3,6-9,11H2,1-2H3. The molecule has 0 aromatic heterocycles. The second-order valence-corrected chi connectivity index (χ2v) is 5.91. The summed E-state index contributed by atoms with van der Waals surface area (Å²) in [6.45, 7) is 6.61. The van der Waals surface area contributed by atoms with Crippen molar-refractivity contribution in [3.05, 3.63) is 23.8 Å². The smallest absolute Gasteiger partial charge is 0.254 e. The van der Waals surface area contributed by atoms with Crippen LogP contribution in [-0.2, 0) is 0 Å². The molecule has 1 saturated heterocycles. The SMILES string of the molecule is CCC1CN(C(=O)c2ccc3c(c2)NCCN3)CCN1C. The highest BCUT2D eigenvalue weighted by Crippen LogP contribution is 2.26. The van der Waals surface area contributed by atoms with Gasteiger partial charge in [-0.25, -0.2) is 0 Å². The number of rotatable bonds is 2. The summed E-state index contributed by atoms with van der Waals surface area (Å²) < 4.78 is 0. The molecule has 2 heterocycles. The molecule has 1 aromatic carbocycles. The average Bonchev–Trinajstić information content (AvgIpc) is 2.54. The number of hydrogen-bond acceptors (Lipinski definition) is 4. The number of amides is 1. The first-order chi connectivity index (χ1) is 10.2. The van der Waals surface area contributed by atoms with Gasteiger partial charge in [-0.15, -0.1) is 0 Å². The first-order valence-corrected chi connectivity index (χ1v) is 7.80. The summed E-state index contributed by atoms with van der Waals surface area (Å²) >= 11 is 0. The minimum Gasteiger partial charge on any atom is -0.382 e. The molecule has 0 bridgehead atoms. The fraction of sp³-hybridized carbons (Fsp3) is 0.562. The molecular weight excluding hydrogens is 264 g/mol. The number of hydrogen-bond donors (Lipinski definition) is 2. The predicted octanol–water partition coefficient (Wildman–Crippen LogP) is 1.69. The van der Waals surface area contributed by atoms with Crippen molar-refractivity contribution >= 4 is 17.3 Å². The van der Waals surface area contributed by atoms with E-state index in [-0.39, 0.29) is 5.91 Å². The molecular formula is C16H24N4O. The number of piperazine rings is 1. The summed E-state index contributed by atoms with van der Waals surface area (Å²) in [4.78, 5) is 17.1. The van der Waals surface area contributed by atoms with Gasteiger partial charge < -0.3 is 15.5 Å². The second-order valence-electron chi connectivity index (χ2n) is 5.91. The normalized spacial score (nSPS) is 22.2. The number of likely N-dealkylation sites (N-methyl/N-ethyl adjacent to an activating group) is 1. The number of benzene rings is 1. The summed E-state index contributed by atoms with van der Waals surface area (Å²) in [5, 5.41) is 6.68. The monoisotopic (exact) mass is 288 g/mol. The van der Waals surface area contributed by atoms with Crippen LogP contribution in [0.2, 0.25) is 0 Å². The van der Waals surface area contributed by atoms with Crippen LogP contribution in [0.1, 0.15) is 23.7 Å². The van der Waals surface area contributed by atoms with E-state index in [1.165, 1.54) is 0 Å². The van der Waals surface area contributed by atoms with Crippen LogP contribution < -0.4 is 10.6 Å². The molecule has 1 fully saturated rings. The Bertz CT molecular complexity index is 531. The predicted molar refractivity (Wildman–Crippen MR) is 86.0 cm³/mol. The highest BCUT2D eigenvalue weighted by atomic mass is 16.2. The summed E-state index contributed by atoms with van der Waals surface area (Å²) in [6.07, 6.45) is 1.08. The van der Waals surface area contributed by atoms with Gasteiger partial charge in [-0.2, -0.15) is 0 Å².